The lowest BCUT2D eigenvalue weighted by atomic mass is 9.92. The van der Waals surface area contributed by atoms with Crippen molar-refractivity contribution in [3.05, 3.63) is 18.0 Å². The number of esters is 1. The maximum Gasteiger partial charge on any atom is 0.306 e. The van der Waals surface area contributed by atoms with Crippen LogP contribution in [-0.2, 0) is 20.7 Å². The molecule has 0 unspecified atom stereocenters. The monoisotopic (exact) mass is 334 g/mol. The third-order valence-corrected chi connectivity index (χ3v) is 4.37. The molecule has 1 aliphatic rings. The normalized spacial score (nSPS) is 15.3. The van der Waals surface area contributed by atoms with Gasteiger partial charge in [-0.1, -0.05) is 6.92 Å². The Bertz CT molecular complexity index is 539. The van der Waals surface area contributed by atoms with Gasteiger partial charge in [0, 0.05) is 31.9 Å². The Morgan fingerprint density at radius 1 is 1.29 bits per heavy atom. The second kappa shape index (κ2) is 9.20. The number of nitrogens with two attached hydrogens (primary N) is 1. The molecule has 1 fully saturated rings. The molecule has 2 N–H and O–H groups in total. The maximum absolute atomic E-state index is 11.4. The number of hydrogen-bond donors (Lipinski definition) is 1. The number of rotatable bonds is 8. The molecule has 2 heterocycles. The van der Waals surface area contributed by atoms with E-state index in [0.717, 1.165) is 56.7 Å². The van der Waals surface area contributed by atoms with Crippen LogP contribution in [0.1, 0.15) is 44.6 Å². The van der Waals surface area contributed by atoms with Crippen LogP contribution >= 0.6 is 0 Å². The summed E-state index contributed by atoms with van der Waals surface area (Å²) in [4.78, 5) is 33.0. The molecule has 0 aliphatic carbocycles. The Hall–Kier alpha value is -2.18. The largest absolute Gasteiger partial charge is 0.456 e. The smallest absolute Gasteiger partial charge is 0.306 e. The zero-order chi connectivity index (χ0) is 17.4. The Labute approximate surface area is 142 Å². The van der Waals surface area contributed by atoms with Gasteiger partial charge in [-0.3, -0.25) is 9.59 Å². The molecule has 1 aromatic heterocycles. The van der Waals surface area contributed by atoms with Crippen LogP contribution in [0.15, 0.2) is 12.4 Å². The summed E-state index contributed by atoms with van der Waals surface area (Å²) in [6, 6.07) is 0. The Balaban J connectivity index is 1.65. The number of carbonyl (C=O) groups is 2. The molecule has 1 saturated heterocycles. The highest BCUT2D eigenvalue weighted by Gasteiger charge is 2.21. The van der Waals surface area contributed by atoms with Gasteiger partial charge >= 0.3 is 5.97 Å². The second-order valence-corrected chi connectivity index (χ2v) is 6.19. The molecule has 7 nitrogen and oxygen atoms in total. The molecular formula is C17H26N4O3. The number of hydrogen-bond acceptors (Lipinski definition) is 6. The first-order chi connectivity index (χ1) is 11.6. The maximum atomic E-state index is 11.4. The molecule has 132 valence electrons. The quantitative estimate of drug-likeness (QED) is 0.723. The summed E-state index contributed by atoms with van der Waals surface area (Å²) in [5.74, 6) is 0.446. The molecule has 1 aromatic rings. The highest BCUT2D eigenvalue weighted by Crippen LogP contribution is 2.24. The van der Waals surface area contributed by atoms with Crippen molar-refractivity contribution in [2.24, 2.45) is 11.7 Å². The summed E-state index contributed by atoms with van der Waals surface area (Å²) >= 11 is 0. The van der Waals surface area contributed by atoms with Crippen LogP contribution < -0.4 is 10.6 Å². The van der Waals surface area contributed by atoms with Crippen molar-refractivity contribution in [3.63, 3.8) is 0 Å². The average Bonchev–Trinajstić information content (AvgIpc) is 2.61. The SMILES string of the molecule is CCc1cnc(N2CCC(CCCC(=O)OCC(N)=O)CC2)nc1. The lowest BCUT2D eigenvalue weighted by molar-refractivity contribution is -0.147. The number of nitrogens with zero attached hydrogens (tertiary/aromatic N) is 3. The molecule has 0 bridgehead atoms. The average molecular weight is 334 g/mol. The van der Waals surface area contributed by atoms with E-state index in [-0.39, 0.29) is 12.6 Å². The molecule has 0 saturated carbocycles. The zero-order valence-corrected chi connectivity index (χ0v) is 14.2. The summed E-state index contributed by atoms with van der Waals surface area (Å²) in [6.45, 7) is 3.66. The number of aromatic nitrogens is 2. The fourth-order valence-corrected chi connectivity index (χ4v) is 2.87. The van der Waals surface area contributed by atoms with Crippen molar-refractivity contribution < 1.29 is 14.3 Å². The summed E-state index contributed by atoms with van der Waals surface area (Å²) in [5, 5.41) is 0. The summed E-state index contributed by atoms with van der Waals surface area (Å²) in [5.41, 5.74) is 6.08. The zero-order valence-electron chi connectivity index (χ0n) is 14.2. The summed E-state index contributed by atoms with van der Waals surface area (Å²) in [7, 11) is 0. The molecule has 0 radical (unpaired) electrons. The first kappa shape index (κ1) is 18.2. The van der Waals surface area contributed by atoms with E-state index < -0.39 is 5.91 Å². The molecule has 7 heteroatoms. The minimum absolute atomic E-state index is 0.325. The van der Waals surface area contributed by atoms with E-state index in [1.165, 1.54) is 0 Å². The van der Waals surface area contributed by atoms with Crippen molar-refractivity contribution >= 4 is 17.8 Å². The summed E-state index contributed by atoms with van der Waals surface area (Å²) in [6.07, 6.45) is 9.01. The van der Waals surface area contributed by atoms with E-state index in [2.05, 4.69) is 21.8 Å². The fourth-order valence-electron chi connectivity index (χ4n) is 2.87. The Kier molecular flexibility index (Phi) is 6.96. The number of aryl methyl sites for hydroxylation is 1. The van der Waals surface area contributed by atoms with E-state index in [4.69, 9.17) is 10.5 Å². The lowest BCUT2D eigenvalue weighted by Gasteiger charge is -2.32. The molecule has 0 aromatic carbocycles. The molecule has 0 spiro atoms. The van der Waals surface area contributed by atoms with Crippen LogP contribution in [0.25, 0.3) is 0 Å². The van der Waals surface area contributed by atoms with E-state index in [0.29, 0.717) is 12.3 Å². The highest BCUT2D eigenvalue weighted by molar-refractivity contribution is 5.78. The predicted octanol–water partition coefficient (Wildman–Crippen LogP) is 1.45. The Morgan fingerprint density at radius 2 is 1.96 bits per heavy atom. The number of primary amides is 1. The van der Waals surface area contributed by atoms with Crippen LogP contribution in [0.2, 0.25) is 0 Å². The van der Waals surface area contributed by atoms with Crippen LogP contribution in [0.4, 0.5) is 5.95 Å². The molecule has 24 heavy (non-hydrogen) atoms. The van der Waals surface area contributed by atoms with E-state index in [1.807, 2.05) is 12.4 Å². The standard InChI is InChI=1S/C17H26N4O3/c1-2-13-10-19-17(20-11-13)21-8-6-14(7-9-21)4-3-5-16(23)24-12-15(18)22/h10-11,14H,2-9,12H2,1H3,(H2,18,22). The molecule has 1 amide bonds. The van der Waals surface area contributed by atoms with Crippen molar-refractivity contribution in [1.29, 1.82) is 0 Å². The molecular weight excluding hydrogens is 308 g/mol. The van der Waals surface area contributed by atoms with Gasteiger partial charge < -0.3 is 15.4 Å². The highest BCUT2D eigenvalue weighted by atomic mass is 16.5. The molecule has 1 aliphatic heterocycles. The van der Waals surface area contributed by atoms with Crippen LogP contribution in [0.5, 0.6) is 0 Å². The first-order valence-electron chi connectivity index (χ1n) is 8.58. The lowest BCUT2D eigenvalue weighted by Crippen LogP contribution is -2.34. The number of anilines is 1. The van der Waals surface area contributed by atoms with Crippen molar-refractivity contribution in [2.45, 2.75) is 45.4 Å². The molecule has 0 atom stereocenters. The Morgan fingerprint density at radius 3 is 2.54 bits per heavy atom. The topological polar surface area (TPSA) is 98.4 Å². The summed E-state index contributed by atoms with van der Waals surface area (Å²) < 4.78 is 4.75. The van der Waals surface area contributed by atoms with Crippen molar-refractivity contribution in [2.75, 3.05) is 24.6 Å². The minimum atomic E-state index is -0.620. The number of carbonyl (C=O) groups excluding carboxylic acids is 2. The van der Waals surface area contributed by atoms with Gasteiger partial charge in [-0.25, -0.2) is 9.97 Å². The van der Waals surface area contributed by atoms with Crippen molar-refractivity contribution in [3.8, 4) is 0 Å². The van der Waals surface area contributed by atoms with Gasteiger partial charge in [-0.2, -0.15) is 0 Å². The van der Waals surface area contributed by atoms with Crippen LogP contribution in [0.3, 0.4) is 0 Å². The van der Waals surface area contributed by atoms with Gasteiger partial charge in [0.1, 0.15) is 0 Å². The van der Waals surface area contributed by atoms with E-state index >= 15 is 0 Å². The van der Waals surface area contributed by atoms with Gasteiger partial charge in [-0.05, 0) is 43.6 Å². The molecule has 2 rings (SSSR count). The number of amides is 1. The third-order valence-electron chi connectivity index (χ3n) is 4.37. The fraction of sp³-hybridized carbons (Fsp3) is 0.647. The van der Waals surface area contributed by atoms with Crippen LogP contribution in [-0.4, -0.2) is 41.5 Å². The predicted molar refractivity (Wildman–Crippen MR) is 90.4 cm³/mol. The second-order valence-electron chi connectivity index (χ2n) is 6.19. The van der Waals surface area contributed by atoms with Gasteiger partial charge in [0.15, 0.2) is 6.61 Å². The third kappa shape index (κ3) is 5.79. The minimum Gasteiger partial charge on any atom is -0.456 e. The van der Waals surface area contributed by atoms with Gasteiger partial charge in [0.25, 0.3) is 5.91 Å². The number of piperidine rings is 1. The first-order valence-corrected chi connectivity index (χ1v) is 8.58. The van der Waals surface area contributed by atoms with Crippen molar-refractivity contribution in [1.82, 2.24) is 9.97 Å². The number of ether oxygens (including phenoxy) is 1. The van der Waals surface area contributed by atoms with E-state index in [9.17, 15) is 9.59 Å². The van der Waals surface area contributed by atoms with Crippen LogP contribution in [0, 0.1) is 5.92 Å². The van der Waals surface area contributed by atoms with E-state index in [1.54, 1.807) is 0 Å². The van der Waals surface area contributed by atoms with Gasteiger partial charge in [-0.15, -0.1) is 0 Å². The van der Waals surface area contributed by atoms with Gasteiger partial charge in [0.05, 0.1) is 0 Å². The van der Waals surface area contributed by atoms with Gasteiger partial charge in [0.2, 0.25) is 5.95 Å².